The van der Waals surface area contributed by atoms with Crippen LogP contribution in [-0.2, 0) is 5.41 Å². The molecule has 0 saturated carbocycles. The highest BCUT2D eigenvalue weighted by atomic mass is 35.5. The number of ether oxygens (including phenoxy) is 1. The van der Waals surface area contributed by atoms with Crippen LogP contribution in [-0.4, -0.2) is 19.2 Å². The average molecular weight is 345 g/mol. The maximum atomic E-state index is 12.2. The van der Waals surface area contributed by atoms with Gasteiger partial charge in [0, 0.05) is 5.02 Å². The van der Waals surface area contributed by atoms with Crippen molar-refractivity contribution in [2.24, 2.45) is 5.10 Å². The number of hydrazone groups is 1. The van der Waals surface area contributed by atoms with Gasteiger partial charge in [-0.05, 0) is 34.7 Å². The number of hydrogen-bond acceptors (Lipinski definition) is 3. The van der Waals surface area contributed by atoms with Gasteiger partial charge >= 0.3 is 0 Å². The van der Waals surface area contributed by atoms with Crippen LogP contribution in [0.15, 0.2) is 47.6 Å². The first kappa shape index (κ1) is 18.0. The second-order valence-electron chi connectivity index (χ2n) is 6.42. The van der Waals surface area contributed by atoms with Gasteiger partial charge < -0.3 is 4.74 Å². The zero-order valence-electron chi connectivity index (χ0n) is 14.3. The number of carbonyl (C=O) groups is 1. The summed E-state index contributed by atoms with van der Waals surface area (Å²) in [6.45, 7) is 6.48. The third-order valence-corrected chi connectivity index (χ3v) is 3.80. The number of rotatable bonds is 4. The number of nitrogens with one attached hydrogen (secondary N) is 1. The highest BCUT2D eigenvalue weighted by molar-refractivity contribution is 6.31. The summed E-state index contributed by atoms with van der Waals surface area (Å²) < 4.78 is 5.16. The number of benzene rings is 2. The van der Waals surface area contributed by atoms with E-state index in [1.807, 2.05) is 12.1 Å². The van der Waals surface area contributed by atoms with E-state index in [4.69, 9.17) is 16.3 Å². The van der Waals surface area contributed by atoms with Crippen LogP contribution in [0.3, 0.4) is 0 Å². The Morgan fingerprint density at radius 2 is 1.83 bits per heavy atom. The van der Waals surface area contributed by atoms with Crippen molar-refractivity contribution in [3.63, 3.8) is 0 Å². The second-order valence-corrected chi connectivity index (χ2v) is 6.85. The first-order valence-corrected chi connectivity index (χ1v) is 7.96. The minimum Gasteiger partial charge on any atom is -0.496 e. The number of hydrogen-bond donors (Lipinski definition) is 1. The summed E-state index contributed by atoms with van der Waals surface area (Å²) in [7, 11) is 1.50. The van der Waals surface area contributed by atoms with Gasteiger partial charge in [0.15, 0.2) is 0 Å². The van der Waals surface area contributed by atoms with Gasteiger partial charge in [-0.15, -0.1) is 0 Å². The predicted octanol–water partition coefficient (Wildman–Crippen LogP) is 4.41. The van der Waals surface area contributed by atoms with Crippen molar-refractivity contribution in [3.8, 4) is 5.75 Å². The molecule has 126 valence electrons. The molecule has 4 nitrogen and oxygen atoms in total. The van der Waals surface area contributed by atoms with Crippen LogP contribution >= 0.6 is 11.6 Å². The van der Waals surface area contributed by atoms with E-state index in [2.05, 4.69) is 43.4 Å². The standard InChI is InChI=1S/C19H21ClN2O2/c1-19(2,3)14-7-5-13(6-8-14)12-21-22-18(23)16-11-15(20)9-10-17(16)24-4/h5-12H,1-4H3,(H,22,23)/b21-12+. The van der Waals surface area contributed by atoms with Gasteiger partial charge in [0.25, 0.3) is 5.91 Å². The van der Waals surface area contributed by atoms with E-state index in [0.717, 1.165) is 5.56 Å². The lowest BCUT2D eigenvalue weighted by Crippen LogP contribution is -2.18. The van der Waals surface area contributed by atoms with Gasteiger partial charge in [-0.2, -0.15) is 5.10 Å². The molecule has 0 radical (unpaired) electrons. The molecule has 0 aliphatic carbocycles. The van der Waals surface area contributed by atoms with Crippen LogP contribution in [0.5, 0.6) is 5.75 Å². The third kappa shape index (κ3) is 4.59. The zero-order valence-corrected chi connectivity index (χ0v) is 15.0. The van der Waals surface area contributed by atoms with Gasteiger partial charge in [0.05, 0.1) is 18.9 Å². The van der Waals surface area contributed by atoms with E-state index in [0.29, 0.717) is 16.3 Å². The first-order chi connectivity index (χ1) is 11.3. The molecule has 0 heterocycles. The molecule has 0 saturated heterocycles. The number of nitrogens with zero attached hydrogens (tertiary/aromatic N) is 1. The summed E-state index contributed by atoms with van der Waals surface area (Å²) in [6, 6.07) is 12.9. The van der Waals surface area contributed by atoms with E-state index < -0.39 is 0 Å². The summed E-state index contributed by atoms with van der Waals surface area (Å²) in [6.07, 6.45) is 1.60. The minimum atomic E-state index is -0.378. The molecule has 1 amide bonds. The summed E-state index contributed by atoms with van der Waals surface area (Å²) in [5, 5.41) is 4.45. The van der Waals surface area contributed by atoms with Gasteiger partial charge in [0.2, 0.25) is 0 Å². The Morgan fingerprint density at radius 1 is 1.17 bits per heavy atom. The molecule has 24 heavy (non-hydrogen) atoms. The summed E-state index contributed by atoms with van der Waals surface area (Å²) in [5.74, 6) is 0.0681. The van der Waals surface area contributed by atoms with Crippen molar-refractivity contribution in [3.05, 3.63) is 64.2 Å². The number of methoxy groups -OCH3 is 1. The molecule has 2 rings (SSSR count). The van der Waals surface area contributed by atoms with E-state index in [9.17, 15) is 4.79 Å². The second kappa shape index (κ2) is 7.49. The van der Waals surface area contributed by atoms with E-state index in [1.165, 1.54) is 12.7 Å². The van der Waals surface area contributed by atoms with Crippen molar-refractivity contribution in [2.75, 3.05) is 7.11 Å². The molecule has 0 aliphatic rings. The molecule has 0 spiro atoms. The Kier molecular flexibility index (Phi) is 5.62. The number of halogens is 1. The van der Waals surface area contributed by atoms with Crippen molar-refractivity contribution in [1.82, 2.24) is 5.43 Å². The van der Waals surface area contributed by atoms with Gasteiger partial charge in [-0.3, -0.25) is 4.79 Å². The summed E-state index contributed by atoms with van der Waals surface area (Å²) >= 11 is 5.93. The van der Waals surface area contributed by atoms with Crippen LogP contribution in [0, 0.1) is 0 Å². The fourth-order valence-electron chi connectivity index (χ4n) is 2.15. The van der Waals surface area contributed by atoms with Crippen LogP contribution in [0.2, 0.25) is 5.02 Å². The maximum absolute atomic E-state index is 12.2. The molecule has 5 heteroatoms. The normalized spacial score (nSPS) is 11.5. The molecular formula is C19H21ClN2O2. The van der Waals surface area contributed by atoms with Crippen molar-refractivity contribution >= 4 is 23.7 Å². The largest absolute Gasteiger partial charge is 0.496 e. The lowest BCUT2D eigenvalue weighted by atomic mass is 9.87. The van der Waals surface area contributed by atoms with Crippen molar-refractivity contribution < 1.29 is 9.53 Å². The summed E-state index contributed by atoms with van der Waals surface area (Å²) in [4.78, 5) is 12.2. The summed E-state index contributed by atoms with van der Waals surface area (Å²) in [5.41, 5.74) is 5.08. The van der Waals surface area contributed by atoms with Crippen LogP contribution < -0.4 is 10.2 Å². The monoisotopic (exact) mass is 344 g/mol. The zero-order chi connectivity index (χ0) is 17.7. The molecule has 0 fully saturated rings. The van der Waals surface area contributed by atoms with Crippen molar-refractivity contribution in [1.29, 1.82) is 0 Å². The Balaban J connectivity index is 2.06. The van der Waals surface area contributed by atoms with E-state index >= 15 is 0 Å². The maximum Gasteiger partial charge on any atom is 0.275 e. The van der Waals surface area contributed by atoms with E-state index in [-0.39, 0.29) is 11.3 Å². The smallest absolute Gasteiger partial charge is 0.275 e. The Bertz CT molecular complexity index is 747. The fraction of sp³-hybridized carbons (Fsp3) is 0.263. The molecule has 0 aromatic heterocycles. The van der Waals surface area contributed by atoms with Gasteiger partial charge in [0.1, 0.15) is 5.75 Å². The van der Waals surface area contributed by atoms with E-state index in [1.54, 1.807) is 24.4 Å². The van der Waals surface area contributed by atoms with Gasteiger partial charge in [-0.1, -0.05) is 56.6 Å². The van der Waals surface area contributed by atoms with Gasteiger partial charge in [-0.25, -0.2) is 5.43 Å². The Morgan fingerprint density at radius 3 is 2.42 bits per heavy atom. The SMILES string of the molecule is COc1ccc(Cl)cc1C(=O)N/N=C/c1ccc(C(C)(C)C)cc1. The number of amides is 1. The topological polar surface area (TPSA) is 50.7 Å². The molecule has 2 aromatic rings. The molecule has 0 unspecified atom stereocenters. The molecular weight excluding hydrogens is 324 g/mol. The van der Waals surface area contributed by atoms with Crippen LogP contribution in [0.25, 0.3) is 0 Å². The number of carbonyl (C=O) groups excluding carboxylic acids is 1. The Labute approximate surface area is 147 Å². The van der Waals surface area contributed by atoms with Crippen LogP contribution in [0.4, 0.5) is 0 Å². The highest BCUT2D eigenvalue weighted by Gasteiger charge is 2.13. The first-order valence-electron chi connectivity index (χ1n) is 7.59. The average Bonchev–Trinajstić information content (AvgIpc) is 2.54. The molecule has 1 N–H and O–H groups in total. The molecule has 0 bridgehead atoms. The fourth-order valence-corrected chi connectivity index (χ4v) is 2.32. The molecule has 0 atom stereocenters. The molecule has 0 aliphatic heterocycles. The lowest BCUT2D eigenvalue weighted by molar-refractivity contribution is 0.0952. The Hall–Kier alpha value is -2.33. The highest BCUT2D eigenvalue weighted by Crippen LogP contribution is 2.23. The van der Waals surface area contributed by atoms with Crippen LogP contribution in [0.1, 0.15) is 42.3 Å². The quantitative estimate of drug-likeness (QED) is 0.659. The predicted molar refractivity (Wildman–Crippen MR) is 98.2 cm³/mol. The third-order valence-electron chi connectivity index (χ3n) is 3.56. The van der Waals surface area contributed by atoms with Crippen molar-refractivity contribution in [2.45, 2.75) is 26.2 Å². The minimum absolute atomic E-state index is 0.104. The molecule has 2 aromatic carbocycles. The lowest BCUT2D eigenvalue weighted by Gasteiger charge is -2.18.